The summed E-state index contributed by atoms with van der Waals surface area (Å²) in [4.78, 5) is 34.8. The number of rotatable bonds is 6. The van der Waals surface area contributed by atoms with E-state index in [0.29, 0.717) is 40.8 Å². The number of halogens is 1. The van der Waals surface area contributed by atoms with Crippen LogP contribution in [0.4, 0.5) is 10.1 Å². The first-order chi connectivity index (χ1) is 19.6. The zero-order valence-corrected chi connectivity index (χ0v) is 22.3. The van der Waals surface area contributed by atoms with Crippen molar-refractivity contribution >= 4 is 44.9 Å². The maximum Gasteiger partial charge on any atom is 0.224 e. The Balaban J connectivity index is 1.19. The second-order valence-electron chi connectivity index (χ2n) is 10.2. The molecule has 0 radical (unpaired) electrons. The van der Waals surface area contributed by atoms with Crippen molar-refractivity contribution in [3.8, 4) is 33.2 Å². The van der Waals surface area contributed by atoms with E-state index in [1.807, 2.05) is 12.1 Å². The van der Waals surface area contributed by atoms with Crippen LogP contribution in [0.3, 0.4) is 0 Å². The highest BCUT2D eigenvalue weighted by atomic mass is 32.1. The number of hydrogen-bond donors (Lipinski definition) is 3. The van der Waals surface area contributed by atoms with Crippen molar-refractivity contribution in [1.82, 2.24) is 35.1 Å². The molecule has 1 fully saturated rings. The highest BCUT2D eigenvalue weighted by molar-refractivity contribution is 7.14. The summed E-state index contributed by atoms with van der Waals surface area (Å²) in [6.45, 7) is 0. The fraction of sp³-hybridized carbons (Fsp3) is 0.241. The van der Waals surface area contributed by atoms with E-state index in [0.717, 1.165) is 56.6 Å². The third-order valence-corrected chi connectivity index (χ3v) is 8.33. The van der Waals surface area contributed by atoms with Crippen molar-refractivity contribution in [1.29, 1.82) is 0 Å². The number of H-pyrrole nitrogens is 2. The molecule has 6 aromatic rings. The van der Waals surface area contributed by atoms with Crippen molar-refractivity contribution in [2.75, 3.05) is 5.32 Å². The number of hydrogen-bond acceptors (Lipinski definition) is 7. The molecule has 0 aliphatic heterocycles. The van der Waals surface area contributed by atoms with Crippen LogP contribution in [0, 0.1) is 11.0 Å². The van der Waals surface area contributed by atoms with Gasteiger partial charge in [0.05, 0.1) is 41.0 Å². The number of fused-ring (bicyclic) bond motifs is 2. The molecule has 0 aromatic carbocycles. The Morgan fingerprint density at radius 2 is 1.90 bits per heavy atom. The summed E-state index contributed by atoms with van der Waals surface area (Å²) in [5, 5.41) is 11.1. The molecule has 0 saturated heterocycles. The standard InChI is InChI=1S/C29H25FN8OS/c30-25-7-6-24(40-25)20-13-32-14-23-27(20)36-29(35-23)28-19-10-21(33-15-22(19)37-38-28)17-9-18(12-31-11-17)34-26(39)8-16-4-2-1-3-5-16/h6-7,9-16H,1-5,8H2,(H,34,39)(H,35,36)(H,37,38). The molecule has 1 aliphatic rings. The average Bonchev–Trinajstić information content (AvgIpc) is 3.71. The summed E-state index contributed by atoms with van der Waals surface area (Å²) in [5.74, 6) is 1.05. The van der Waals surface area contributed by atoms with Gasteiger partial charge in [-0.15, -0.1) is 11.3 Å². The molecular weight excluding hydrogens is 527 g/mol. The van der Waals surface area contributed by atoms with Gasteiger partial charge in [0.15, 0.2) is 11.0 Å². The average molecular weight is 553 g/mol. The van der Waals surface area contributed by atoms with Crippen LogP contribution in [0.15, 0.2) is 55.2 Å². The second-order valence-corrected chi connectivity index (χ2v) is 11.2. The quantitative estimate of drug-likeness (QED) is 0.210. The molecule has 0 bridgehead atoms. The molecule has 40 heavy (non-hydrogen) atoms. The molecular formula is C29H25FN8OS. The number of carbonyl (C=O) groups excluding carboxylic acids is 1. The van der Waals surface area contributed by atoms with Crippen LogP contribution in [0.5, 0.6) is 0 Å². The number of nitrogens with one attached hydrogen (secondary N) is 3. The van der Waals surface area contributed by atoms with Gasteiger partial charge in [-0.3, -0.25) is 24.8 Å². The van der Waals surface area contributed by atoms with Gasteiger partial charge < -0.3 is 10.3 Å². The maximum atomic E-state index is 13.7. The lowest BCUT2D eigenvalue weighted by Crippen LogP contribution is -2.18. The normalized spacial score (nSPS) is 14.2. The largest absolute Gasteiger partial charge is 0.335 e. The lowest BCUT2D eigenvalue weighted by atomic mass is 9.87. The van der Waals surface area contributed by atoms with E-state index in [1.165, 1.54) is 25.3 Å². The zero-order chi connectivity index (χ0) is 27.1. The minimum Gasteiger partial charge on any atom is -0.335 e. The number of carbonyl (C=O) groups is 1. The lowest BCUT2D eigenvalue weighted by Gasteiger charge is -2.20. The van der Waals surface area contributed by atoms with E-state index < -0.39 is 0 Å². The van der Waals surface area contributed by atoms with Gasteiger partial charge in [0.2, 0.25) is 5.91 Å². The molecule has 11 heteroatoms. The van der Waals surface area contributed by atoms with E-state index in [2.05, 4.69) is 35.5 Å². The molecule has 1 amide bonds. The van der Waals surface area contributed by atoms with E-state index >= 15 is 0 Å². The molecule has 9 nitrogen and oxygen atoms in total. The third-order valence-electron chi connectivity index (χ3n) is 7.42. The lowest BCUT2D eigenvalue weighted by molar-refractivity contribution is -0.117. The summed E-state index contributed by atoms with van der Waals surface area (Å²) < 4.78 is 13.7. The third kappa shape index (κ3) is 4.73. The Morgan fingerprint density at radius 3 is 2.75 bits per heavy atom. The van der Waals surface area contributed by atoms with Gasteiger partial charge in [0, 0.05) is 40.2 Å². The monoisotopic (exact) mass is 552 g/mol. The van der Waals surface area contributed by atoms with Crippen LogP contribution in [-0.4, -0.2) is 41.0 Å². The van der Waals surface area contributed by atoms with Crippen LogP contribution in [0.1, 0.15) is 38.5 Å². The van der Waals surface area contributed by atoms with Crippen LogP contribution < -0.4 is 5.32 Å². The first-order valence-electron chi connectivity index (χ1n) is 13.3. The van der Waals surface area contributed by atoms with Gasteiger partial charge >= 0.3 is 0 Å². The van der Waals surface area contributed by atoms with Crippen molar-refractivity contribution < 1.29 is 9.18 Å². The highest BCUT2D eigenvalue weighted by Gasteiger charge is 2.19. The van der Waals surface area contributed by atoms with E-state index in [-0.39, 0.29) is 11.0 Å². The predicted molar refractivity (Wildman–Crippen MR) is 153 cm³/mol. The number of pyridine rings is 3. The van der Waals surface area contributed by atoms with Crippen molar-refractivity contribution in [2.24, 2.45) is 5.92 Å². The minimum atomic E-state index is -0.261. The Kier molecular flexibility index (Phi) is 6.27. The van der Waals surface area contributed by atoms with Gasteiger partial charge in [-0.2, -0.15) is 9.49 Å². The number of aromatic nitrogens is 7. The SMILES string of the molecule is O=C(CC1CCCCC1)Nc1cncc(-c2cc3c(-c4nc5c(-c6ccc(F)s6)cncc5[nH]4)n[nH]c3cn2)c1. The van der Waals surface area contributed by atoms with E-state index in [9.17, 15) is 9.18 Å². The molecule has 1 saturated carbocycles. The highest BCUT2D eigenvalue weighted by Crippen LogP contribution is 2.34. The molecule has 0 spiro atoms. The van der Waals surface area contributed by atoms with Gasteiger partial charge in [0.25, 0.3) is 0 Å². The molecule has 6 aromatic heterocycles. The summed E-state index contributed by atoms with van der Waals surface area (Å²) in [6, 6.07) is 6.99. The van der Waals surface area contributed by atoms with Crippen LogP contribution >= 0.6 is 11.3 Å². The second kappa shape index (κ2) is 10.2. The summed E-state index contributed by atoms with van der Waals surface area (Å²) in [5.41, 5.74) is 5.68. The van der Waals surface area contributed by atoms with Crippen LogP contribution in [-0.2, 0) is 4.79 Å². The molecule has 3 N–H and O–H groups in total. The van der Waals surface area contributed by atoms with E-state index in [4.69, 9.17) is 4.98 Å². The Morgan fingerprint density at radius 1 is 1.02 bits per heavy atom. The van der Waals surface area contributed by atoms with Gasteiger partial charge in [-0.25, -0.2) is 4.98 Å². The fourth-order valence-corrected chi connectivity index (χ4v) is 6.20. The number of nitrogens with zero attached hydrogens (tertiary/aromatic N) is 5. The van der Waals surface area contributed by atoms with Crippen LogP contribution in [0.25, 0.3) is 55.2 Å². The number of thiophene rings is 1. The number of aromatic amines is 2. The molecule has 1 aliphatic carbocycles. The summed E-state index contributed by atoms with van der Waals surface area (Å²) in [6.07, 6.45) is 15.0. The molecule has 7 rings (SSSR count). The molecule has 0 atom stereocenters. The zero-order valence-electron chi connectivity index (χ0n) is 21.4. The first-order valence-corrected chi connectivity index (χ1v) is 14.1. The minimum absolute atomic E-state index is 0.0235. The van der Waals surface area contributed by atoms with Gasteiger partial charge in [-0.05, 0) is 43.0 Å². The van der Waals surface area contributed by atoms with Crippen molar-refractivity contribution in [3.63, 3.8) is 0 Å². The first kappa shape index (κ1) is 24.5. The smallest absolute Gasteiger partial charge is 0.224 e. The Bertz CT molecular complexity index is 1850. The number of amides is 1. The number of imidazole rings is 1. The molecule has 0 unspecified atom stereocenters. The van der Waals surface area contributed by atoms with Crippen molar-refractivity contribution in [2.45, 2.75) is 38.5 Å². The summed E-state index contributed by atoms with van der Waals surface area (Å²) in [7, 11) is 0. The predicted octanol–water partition coefficient (Wildman–Crippen LogP) is 6.73. The van der Waals surface area contributed by atoms with Crippen molar-refractivity contribution in [3.05, 3.63) is 60.4 Å². The van der Waals surface area contributed by atoms with Gasteiger partial charge in [-0.1, -0.05) is 19.3 Å². The van der Waals surface area contributed by atoms with Crippen LogP contribution in [0.2, 0.25) is 0 Å². The summed E-state index contributed by atoms with van der Waals surface area (Å²) >= 11 is 1.05. The Hall–Kier alpha value is -4.51. The maximum absolute atomic E-state index is 13.7. The topological polar surface area (TPSA) is 125 Å². The molecule has 6 heterocycles. The molecule has 200 valence electrons. The van der Waals surface area contributed by atoms with Gasteiger partial charge in [0.1, 0.15) is 11.2 Å². The fourth-order valence-electron chi connectivity index (χ4n) is 5.45. The Labute approximate surface area is 232 Å². The van der Waals surface area contributed by atoms with E-state index in [1.54, 1.807) is 37.1 Å². The number of anilines is 1.